The van der Waals surface area contributed by atoms with Gasteiger partial charge in [0.15, 0.2) is 5.82 Å². The molecule has 0 aromatic carbocycles. The van der Waals surface area contributed by atoms with E-state index in [1.54, 1.807) is 11.7 Å². The predicted octanol–water partition coefficient (Wildman–Crippen LogP) is 0.324. The molecular formula is C7H14N4O. The Balaban J connectivity index is 2.45. The van der Waals surface area contributed by atoms with Gasteiger partial charge in [0.25, 0.3) is 0 Å². The molecule has 2 N–H and O–H groups in total. The summed E-state index contributed by atoms with van der Waals surface area (Å²) >= 11 is 0. The monoisotopic (exact) mass is 170 g/mol. The van der Waals surface area contributed by atoms with Crippen LogP contribution < -0.4 is 5.73 Å². The van der Waals surface area contributed by atoms with Crippen LogP contribution >= 0.6 is 0 Å². The molecule has 5 nitrogen and oxygen atoms in total. The third-order valence-electron chi connectivity index (χ3n) is 1.45. The van der Waals surface area contributed by atoms with Crippen molar-refractivity contribution in [1.29, 1.82) is 0 Å². The average Bonchev–Trinajstić information content (AvgIpc) is 2.31. The number of hydrogen-bond donors (Lipinski definition) is 1. The second-order valence-electron chi connectivity index (χ2n) is 2.56. The number of nitrogens with zero attached hydrogens (tertiary/aromatic N) is 3. The van der Waals surface area contributed by atoms with E-state index in [9.17, 15) is 0 Å². The van der Waals surface area contributed by atoms with Crippen molar-refractivity contribution >= 4 is 5.95 Å². The largest absolute Gasteiger partial charge is 0.373 e. The van der Waals surface area contributed by atoms with E-state index in [0.29, 0.717) is 12.6 Å². The maximum atomic E-state index is 5.39. The minimum absolute atomic E-state index is 0.299. The first kappa shape index (κ1) is 8.99. The minimum atomic E-state index is 0.299. The first-order chi connectivity index (χ1) is 5.74. The molecule has 0 aliphatic carbocycles. The summed E-state index contributed by atoms with van der Waals surface area (Å²) in [5.74, 6) is 1.06. The highest BCUT2D eigenvalue weighted by molar-refractivity contribution is 5.13. The topological polar surface area (TPSA) is 66.0 Å². The highest BCUT2D eigenvalue weighted by Gasteiger charge is 2.02. The lowest BCUT2D eigenvalue weighted by Gasteiger charge is -1.99. The number of nitrogen functional groups attached to an aromatic ring is 1. The van der Waals surface area contributed by atoms with Crippen molar-refractivity contribution in [2.75, 3.05) is 12.3 Å². The van der Waals surface area contributed by atoms with Crippen molar-refractivity contribution in [3.63, 3.8) is 0 Å². The Morgan fingerprint density at radius 1 is 1.58 bits per heavy atom. The highest BCUT2D eigenvalue weighted by Crippen LogP contribution is 1.99. The van der Waals surface area contributed by atoms with Crippen LogP contribution in [0.25, 0.3) is 0 Å². The van der Waals surface area contributed by atoms with Crippen LogP contribution in [-0.4, -0.2) is 21.4 Å². The van der Waals surface area contributed by atoms with Gasteiger partial charge in [-0.05, 0) is 6.42 Å². The minimum Gasteiger partial charge on any atom is -0.373 e. The molecule has 0 saturated carbocycles. The van der Waals surface area contributed by atoms with Crippen molar-refractivity contribution in [1.82, 2.24) is 14.8 Å². The van der Waals surface area contributed by atoms with Gasteiger partial charge in [0.2, 0.25) is 5.95 Å². The molecule has 68 valence electrons. The molecule has 0 radical (unpaired) electrons. The number of ether oxygens (including phenoxy) is 1. The molecule has 0 bridgehead atoms. The zero-order valence-corrected chi connectivity index (χ0v) is 7.45. The van der Waals surface area contributed by atoms with Crippen LogP contribution in [0.15, 0.2) is 0 Å². The smallest absolute Gasteiger partial charge is 0.239 e. The zero-order chi connectivity index (χ0) is 8.97. The average molecular weight is 170 g/mol. The Morgan fingerprint density at radius 3 is 2.83 bits per heavy atom. The van der Waals surface area contributed by atoms with Gasteiger partial charge in [-0.15, -0.1) is 5.10 Å². The molecule has 0 aliphatic rings. The summed E-state index contributed by atoms with van der Waals surface area (Å²) < 4.78 is 6.91. The van der Waals surface area contributed by atoms with Crippen LogP contribution in [0, 0.1) is 0 Å². The molecule has 1 heterocycles. The summed E-state index contributed by atoms with van der Waals surface area (Å²) in [5.41, 5.74) is 5.39. The summed E-state index contributed by atoms with van der Waals surface area (Å²) in [7, 11) is 1.80. The molecule has 1 rings (SSSR count). The maximum absolute atomic E-state index is 5.39. The Morgan fingerprint density at radius 2 is 2.33 bits per heavy atom. The lowest BCUT2D eigenvalue weighted by Crippen LogP contribution is -2.02. The third-order valence-corrected chi connectivity index (χ3v) is 1.45. The number of anilines is 1. The van der Waals surface area contributed by atoms with Gasteiger partial charge in [-0.25, -0.2) is 4.68 Å². The first-order valence-corrected chi connectivity index (χ1v) is 3.97. The van der Waals surface area contributed by atoms with Gasteiger partial charge in [0, 0.05) is 13.7 Å². The third kappa shape index (κ3) is 2.20. The standard InChI is InChI=1S/C7H14N4O/c1-3-4-12-5-6-9-7(8)10-11(6)2/h3-5H2,1-2H3,(H2,8,10). The summed E-state index contributed by atoms with van der Waals surface area (Å²) in [5, 5.41) is 3.89. The lowest BCUT2D eigenvalue weighted by atomic mass is 10.5. The Kier molecular flexibility index (Phi) is 3.04. The molecule has 0 saturated heterocycles. The van der Waals surface area contributed by atoms with Gasteiger partial charge in [-0.2, -0.15) is 4.98 Å². The van der Waals surface area contributed by atoms with E-state index >= 15 is 0 Å². The van der Waals surface area contributed by atoms with E-state index in [-0.39, 0.29) is 0 Å². The predicted molar refractivity (Wildman–Crippen MR) is 45.4 cm³/mol. The summed E-state index contributed by atoms with van der Waals surface area (Å²) in [6, 6.07) is 0. The second kappa shape index (κ2) is 4.06. The van der Waals surface area contributed by atoms with E-state index < -0.39 is 0 Å². The lowest BCUT2D eigenvalue weighted by molar-refractivity contribution is 0.113. The van der Waals surface area contributed by atoms with Gasteiger partial charge < -0.3 is 10.5 Å². The summed E-state index contributed by atoms with van der Waals surface area (Å²) in [6.45, 7) is 3.28. The molecule has 0 aliphatic heterocycles. The van der Waals surface area contributed by atoms with E-state index in [2.05, 4.69) is 17.0 Å². The van der Waals surface area contributed by atoms with E-state index in [1.807, 2.05) is 0 Å². The Bertz CT molecular complexity index is 246. The Hall–Kier alpha value is -1.10. The van der Waals surface area contributed by atoms with Gasteiger partial charge >= 0.3 is 0 Å². The van der Waals surface area contributed by atoms with E-state index in [4.69, 9.17) is 10.5 Å². The van der Waals surface area contributed by atoms with E-state index in [1.165, 1.54) is 0 Å². The van der Waals surface area contributed by atoms with Crippen LogP contribution in [0.5, 0.6) is 0 Å². The van der Waals surface area contributed by atoms with Crippen LogP contribution in [0.1, 0.15) is 19.2 Å². The first-order valence-electron chi connectivity index (χ1n) is 3.97. The van der Waals surface area contributed by atoms with Gasteiger partial charge in [0.05, 0.1) is 0 Å². The maximum Gasteiger partial charge on any atom is 0.239 e. The highest BCUT2D eigenvalue weighted by atomic mass is 16.5. The normalized spacial score (nSPS) is 10.5. The van der Waals surface area contributed by atoms with Crippen molar-refractivity contribution < 1.29 is 4.74 Å². The van der Waals surface area contributed by atoms with E-state index in [0.717, 1.165) is 18.9 Å². The number of hydrogen-bond acceptors (Lipinski definition) is 4. The molecule has 12 heavy (non-hydrogen) atoms. The quantitative estimate of drug-likeness (QED) is 0.661. The summed E-state index contributed by atoms with van der Waals surface area (Å²) in [6.07, 6.45) is 1.01. The molecule has 0 fully saturated rings. The van der Waals surface area contributed by atoms with Crippen molar-refractivity contribution in [2.24, 2.45) is 7.05 Å². The fraction of sp³-hybridized carbons (Fsp3) is 0.714. The molecule has 0 amide bonds. The van der Waals surface area contributed by atoms with Crippen molar-refractivity contribution in [2.45, 2.75) is 20.0 Å². The fourth-order valence-corrected chi connectivity index (χ4v) is 0.872. The molecular weight excluding hydrogens is 156 g/mol. The van der Waals surface area contributed by atoms with Crippen LogP contribution in [0.3, 0.4) is 0 Å². The second-order valence-corrected chi connectivity index (χ2v) is 2.56. The van der Waals surface area contributed by atoms with Crippen molar-refractivity contribution in [3.05, 3.63) is 5.82 Å². The number of nitrogens with two attached hydrogens (primary N) is 1. The van der Waals surface area contributed by atoms with Crippen LogP contribution in [0.4, 0.5) is 5.95 Å². The fourth-order valence-electron chi connectivity index (χ4n) is 0.872. The summed E-state index contributed by atoms with van der Waals surface area (Å²) in [4.78, 5) is 3.99. The van der Waals surface area contributed by atoms with Crippen LogP contribution in [0.2, 0.25) is 0 Å². The van der Waals surface area contributed by atoms with Crippen LogP contribution in [-0.2, 0) is 18.4 Å². The van der Waals surface area contributed by atoms with Crippen molar-refractivity contribution in [3.8, 4) is 0 Å². The number of aryl methyl sites for hydroxylation is 1. The number of aromatic nitrogens is 3. The molecule has 0 atom stereocenters. The van der Waals surface area contributed by atoms with Gasteiger partial charge in [0.1, 0.15) is 6.61 Å². The molecule has 0 unspecified atom stereocenters. The van der Waals surface area contributed by atoms with Gasteiger partial charge in [-0.1, -0.05) is 6.92 Å². The molecule has 0 spiro atoms. The Labute approximate surface area is 71.5 Å². The molecule has 5 heteroatoms. The molecule has 1 aromatic heterocycles. The zero-order valence-electron chi connectivity index (χ0n) is 7.45. The molecule has 1 aromatic rings. The van der Waals surface area contributed by atoms with Gasteiger partial charge in [-0.3, -0.25) is 0 Å². The number of rotatable bonds is 4. The SMILES string of the molecule is CCCOCc1nc(N)nn1C.